The fraction of sp³-hybridized carbons (Fsp3) is 0.727. The molecule has 0 heterocycles. The van der Waals surface area contributed by atoms with Gasteiger partial charge in [-0.1, -0.05) is 25.0 Å². The van der Waals surface area contributed by atoms with Gasteiger partial charge < -0.3 is 4.74 Å². The standard InChI is InChI=1S/C11H20O2/c1-4-6-7-10(3)8-9-11(12)13-5-2/h8H,4-7,9H2,1-3H3/b10-8-. The summed E-state index contributed by atoms with van der Waals surface area (Å²) in [5.41, 5.74) is 1.29. The number of rotatable bonds is 6. The lowest BCUT2D eigenvalue weighted by molar-refractivity contribution is -0.142. The van der Waals surface area contributed by atoms with Crippen LogP contribution in [0.5, 0.6) is 0 Å². The summed E-state index contributed by atoms with van der Waals surface area (Å²) in [4.78, 5) is 11.0. The summed E-state index contributed by atoms with van der Waals surface area (Å²) in [5, 5.41) is 0. The Balaban J connectivity index is 3.62. The zero-order chi connectivity index (χ0) is 10.1. The van der Waals surface area contributed by atoms with Crippen molar-refractivity contribution in [2.24, 2.45) is 0 Å². The summed E-state index contributed by atoms with van der Waals surface area (Å²) in [7, 11) is 0. The molecule has 0 saturated carbocycles. The second-order valence-electron chi connectivity index (χ2n) is 3.16. The second kappa shape index (κ2) is 7.84. The van der Waals surface area contributed by atoms with Crippen molar-refractivity contribution in [3.8, 4) is 0 Å². The van der Waals surface area contributed by atoms with E-state index in [0.29, 0.717) is 13.0 Å². The van der Waals surface area contributed by atoms with Crippen molar-refractivity contribution in [3.05, 3.63) is 11.6 Å². The topological polar surface area (TPSA) is 26.3 Å². The predicted molar refractivity (Wildman–Crippen MR) is 54.5 cm³/mol. The van der Waals surface area contributed by atoms with E-state index in [1.165, 1.54) is 18.4 Å². The Morgan fingerprint density at radius 2 is 2.08 bits per heavy atom. The molecule has 0 aromatic rings. The molecule has 2 nitrogen and oxygen atoms in total. The highest BCUT2D eigenvalue weighted by atomic mass is 16.5. The van der Waals surface area contributed by atoms with Gasteiger partial charge in [0.05, 0.1) is 13.0 Å². The fourth-order valence-corrected chi connectivity index (χ4v) is 1.04. The molecule has 0 fully saturated rings. The Morgan fingerprint density at radius 1 is 1.38 bits per heavy atom. The van der Waals surface area contributed by atoms with Crippen LogP contribution in [0.1, 0.15) is 46.5 Å². The highest BCUT2D eigenvalue weighted by molar-refractivity contribution is 5.71. The van der Waals surface area contributed by atoms with Crippen molar-refractivity contribution < 1.29 is 9.53 Å². The van der Waals surface area contributed by atoms with E-state index in [-0.39, 0.29) is 5.97 Å². The van der Waals surface area contributed by atoms with Crippen LogP contribution in [0.3, 0.4) is 0 Å². The molecule has 0 unspecified atom stereocenters. The predicted octanol–water partition coefficient (Wildman–Crippen LogP) is 3.08. The molecule has 0 aliphatic heterocycles. The van der Waals surface area contributed by atoms with Crippen LogP contribution in [0.4, 0.5) is 0 Å². The largest absolute Gasteiger partial charge is 0.466 e. The lowest BCUT2D eigenvalue weighted by atomic mass is 10.1. The Morgan fingerprint density at radius 3 is 2.62 bits per heavy atom. The Kier molecular flexibility index (Phi) is 7.36. The van der Waals surface area contributed by atoms with Crippen LogP contribution in [-0.4, -0.2) is 12.6 Å². The summed E-state index contributed by atoms with van der Waals surface area (Å²) < 4.78 is 4.81. The first-order chi connectivity index (χ1) is 6.20. The maximum atomic E-state index is 11.0. The molecule has 0 aromatic carbocycles. The quantitative estimate of drug-likeness (QED) is 0.468. The van der Waals surface area contributed by atoms with Gasteiger partial charge in [0, 0.05) is 0 Å². The zero-order valence-corrected chi connectivity index (χ0v) is 8.93. The molecule has 0 spiro atoms. The maximum Gasteiger partial charge on any atom is 0.309 e. The summed E-state index contributed by atoms with van der Waals surface area (Å²) in [6.07, 6.45) is 5.88. The number of hydrogen-bond acceptors (Lipinski definition) is 2. The van der Waals surface area contributed by atoms with Crippen molar-refractivity contribution in [1.29, 1.82) is 0 Å². The Hall–Kier alpha value is -0.790. The molecule has 0 aliphatic carbocycles. The molecular weight excluding hydrogens is 164 g/mol. The van der Waals surface area contributed by atoms with E-state index < -0.39 is 0 Å². The number of carbonyl (C=O) groups is 1. The van der Waals surface area contributed by atoms with Crippen LogP contribution >= 0.6 is 0 Å². The SMILES string of the molecule is CCCC/C(C)=C\CC(=O)OCC. The number of esters is 1. The maximum absolute atomic E-state index is 11.0. The van der Waals surface area contributed by atoms with E-state index in [2.05, 4.69) is 13.8 Å². The minimum Gasteiger partial charge on any atom is -0.466 e. The molecule has 0 aliphatic rings. The van der Waals surface area contributed by atoms with Crippen molar-refractivity contribution in [1.82, 2.24) is 0 Å². The number of carbonyl (C=O) groups excluding carboxylic acids is 1. The van der Waals surface area contributed by atoms with E-state index in [1.54, 1.807) is 0 Å². The smallest absolute Gasteiger partial charge is 0.309 e. The monoisotopic (exact) mass is 184 g/mol. The summed E-state index contributed by atoms with van der Waals surface area (Å²) in [5.74, 6) is -0.127. The third-order valence-corrected chi connectivity index (χ3v) is 1.85. The minimum atomic E-state index is -0.127. The number of hydrogen-bond donors (Lipinski definition) is 0. The minimum absolute atomic E-state index is 0.127. The summed E-state index contributed by atoms with van der Waals surface area (Å²) in [6, 6.07) is 0. The molecule has 0 N–H and O–H groups in total. The van der Waals surface area contributed by atoms with Crippen LogP contribution in [0.25, 0.3) is 0 Å². The van der Waals surface area contributed by atoms with Gasteiger partial charge in [0.1, 0.15) is 0 Å². The Labute approximate surface area is 81.0 Å². The van der Waals surface area contributed by atoms with E-state index >= 15 is 0 Å². The van der Waals surface area contributed by atoms with Gasteiger partial charge in [-0.05, 0) is 26.7 Å². The average molecular weight is 184 g/mol. The molecule has 0 bridgehead atoms. The molecule has 2 heteroatoms. The van der Waals surface area contributed by atoms with Crippen LogP contribution < -0.4 is 0 Å². The van der Waals surface area contributed by atoms with E-state index in [4.69, 9.17) is 4.74 Å². The van der Waals surface area contributed by atoms with Crippen molar-refractivity contribution in [2.75, 3.05) is 6.61 Å². The summed E-state index contributed by atoms with van der Waals surface area (Å²) in [6.45, 7) is 6.53. The van der Waals surface area contributed by atoms with E-state index in [1.807, 2.05) is 13.0 Å². The van der Waals surface area contributed by atoms with Crippen molar-refractivity contribution in [2.45, 2.75) is 46.5 Å². The van der Waals surface area contributed by atoms with Gasteiger partial charge in [-0.2, -0.15) is 0 Å². The van der Waals surface area contributed by atoms with Crippen molar-refractivity contribution in [3.63, 3.8) is 0 Å². The molecule has 0 rings (SSSR count). The van der Waals surface area contributed by atoms with Gasteiger partial charge >= 0.3 is 5.97 Å². The normalized spacial score (nSPS) is 11.5. The van der Waals surface area contributed by atoms with Crippen LogP contribution in [0.15, 0.2) is 11.6 Å². The third-order valence-electron chi connectivity index (χ3n) is 1.85. The zero-order valence-electron chi connectivity index (χ0n) is 8.93. The van der Waals surface area contributed by atoms with Gasteiger partial charge in [0.25, 0.3) is 0 Å². The molecule has 0 amide bonds. The van der Waals surface area contributed by atoms with Crippen LogP contribution in [0.2, 0.25) is 0 Å². The molecule has 0 radical (unpaired) electrons. The highest BCUT2D eigenvalue weighted by Crippen LogP contribution is 2.07. The van der Waals surface area contributed by atoms with Gasteiger partial charge in [-0.15, -0.1) is 0 Å². The first kappa shape index (κ1) is 12.2. The lowest BCUT2D eigenvalue weighted by Gasteiger charge is -2.00. The first-order valence-corrected chi connectivity index (χ1v) is 5.02. The fourth-order valence-electron chi connectivity index (χ4n) is 1.04. The van der Waals surface area contributed by atoms with E-state index in [0.717, 1.165) is 6.42 Å². The number of allylic oxidation sites excluding steroid dienone is 1. The molecule has 0 atom stereocenters. The average Bonchev–Trinajstić information content (AvgIpc) is 2.12. The van der Waals surface area contributed by atoms with Gasteiger partial charge in [0.15, 0.2) is 0 Å². The van der Waals surface area contributed by atoms with E-state index in [9.17, 15) is 4.79 Å². The van der Waals surface area contributed by atoms with Crippen LogP contribution in [0, 0.1) is 0 Å². The molecule has 13 heavy (non-hydrogen) atoms. The highest BCUT2D eigenvalue weighted by Gasteiger charge is 1.97. The number of ether oxygens (including phenoxy) is 1. The molecule has 0 saturated heterocycles. The molecule has 0 aromatic heterocycles. The number of unbranched alkanes of at least 4 members (excludes halogenated alkanes) is 1. The third kappa shape index (κ3) is 7.57. The van der Waals surface area contributed by atoms with Gasteiger partial charge in [-0.25, -0.2) is 0 Å². The van der Waals surface area contributed by atoms with Gasteiger partial charge in [0.2, 0.25) is 0 Å². The second-order valence-corrected chi connectivity index (χ2v) is 3.16. The molecular formula is C11H20O2. The summed E-state index contributed by atoms with van der Waals surface area (Å²) >= 11 is 0. The Bertz CT molecular complexity index is 171. The van der Waals surface area contributed by atoms with Crippen LogP contribution in [-0.2, 0) is 9.53 Å². The van der Waals surface area contributed by atoms with Gasteiger partial charge in [-0.3, -0.25) is 4.79 Å². The first-order valence-electron chi connectivity index (χ1n) is 5.02. The van der Waals surface area contributed by atoms with Crippen molar-refractivity contribution >= 4 is 5.97 Å². The lowest BCUT2D eigenvalue weighted by Crippen LogP contribution is -2.01. The molecule has 76 valence electrons.